The summed E-state index contributed by atoms with van der Waals surface area (Å²) in [6.07, 6.45) is 3.41. The Bertz CT molecular complexity index is 1010. The van der Waals surface area contributed by atoms with E-state index in [1.165, 1.54) is 18.5 Å². The predicted octanol–water partition coefficient (Wildman–Crippen LogP) is 4.22. The molecule has 0 saturated heterocycles. The van der Waals surface area contributed by atoms with Crippen LogP contribution in [0, 0.1) is 0 Å². The van der Waals surface area contributed by atoms with Gasteiger partial charge in [-0.25, -0.2) is 9.36 Å². The zero-order chi connectivity index (χ0) is 15.8. The van der Waals surface area contributed by atoms with Crippen molar-refractivity contribution >= 4 is 28.4 Å². The van der Waals surface area contributed by atoms with Crippen molar-refractivity contribution in [2.24, 2.45) is 0 Å². The second kappa shape index (κ2) is 5.40. The van der Waals surface area contributed by atoms with E-state index < -0.39 is 0 Å². The predicted molar refractivity (Wildman–Crippen MR) is 88.4 cm³/mol. The van der Waals surface area contributed by atoms with Crippen molar-refractivity contribution in [2.75, 3.05) is 0 Å². The molecule has 0 bridgehead atoms. The summed E-state index contributed by atoms with van der Waals surface area (Å²) in [6.45, 7) is 1.49. The Morgan fingerprint density at radius 3 is 2.83 bits per heavy atom. The molecule has 5 nitrogen and oxygen atoms in total. The van der Waals surface area contributed by atoms with Crippen LogP contribution in [0.4, 0.5) is 0 Å². The minimum absolute atomic E-state index is 0.0878. The van der Waals surface area contributed by atoms with Gasteiger partial charge in [-0.1, -0.05) is 6.07 Å². The summed E-state index contributed by atoms with van der Waals surface area (Å²) in [5.41, 5.74) is 4.71. The Morgan fingerprint density at radius 2 is 2.04 bits per heavy atom. The van der Waals surface area contributed by atoms with Crippen LogP contribution in [0.2, 0.25) is 0 Å². The fourth-order valence-electron chi connectivity index (χ4n) is 2.33. The van der Waals surface area contributed by atoms with E-state index in [1.807, 2.05) is 29.8 Å². The molecule has 0 atom stereocenters. The number of rotatable bonds is 3. The van der Waals surface area contributed by atoms with Crippen LogP contribution in [-0.4, -0.2) is 20.1 Å². The third kappa shape index (κ3) is 2.53. The van der Waals surface area contributed by atoms with Crippen LogP contribution in [0.3, 0.4) is 0 Å². The number of pyridine rings is 1. The minimum atomic E-state index is -0.0878. The molecular formula is C17H11N3O2S. The van der Waals surface area contributed by atoms with Crippen molar-refractivity contribution in [1.29, 1.82) is 0 Å². The summed E-state index contributed by atoms with van der Waals surface area (Å²) in [5.74, 6) is 0.390. The molecule has 0 aliphatic heterocycles. The number of carbonyl (C=O) groups excluding carboxylic acids is 1. The molecule has 112 valence electrons. The highest BCUT2D eigenvalue weighted by Crippen LogP contribution is 2.28. The smallest absolute Gasteiger partial charge is 0.227 e. The molecule has 3 heterocycles. The second-order valence-electron chi connectivity index (χ2n) is 5.10. The number of aromatic nitrogens is 3. The molecule has 6 heteroatoms. The van der Waals surface area contributed by atoms with E-state index in [4.69, 9.17) is 4.42 Å². The zero-order valence-corrected chi connectivity index (χ0v) is 13.0. The van der Waals surface area contributed by atoms with Crippen LogP contribution in [-0.2, 0) is 0 Å². The Kier molecular flexibility index (Phi) is 3.24. The van der Waals surface area contributed by atoms with E-state index in [1.54, 1.807) is 18.3 Å². The van der Waals surface area contributed by atoms with Gasteiger partial charge < -0.3 is 4.42 Å². The Labute approximate surface area is 135 Å². The highest BCUT2D eigenvalue weighted by atomic mass is 32.1. The van der Waals surface area contributed by atoms with E-state index >= 15 is 0 Å². The average molecular weight is 321 g/mol. The SMILES string of the molecule is CC(=O)c1cc(-c2nc3cc(-c4cnsc4)ccc3o2)ccn1. The first kappa shape index (κ1) is 13.8. The highest BCUT2D eigenvalue weighted by molar-refractivity contribution is 7.03. The van der Waals surface area contributed by atoms with Crippen molar-refractivity contribution in [3.63, 3.8) is 0 Å². The molecule has 3 aromatic heterocycles. The first-order valence-electron chi connectivity index (χ1n) is 6.98. The van der Waals surface area contributed by atoms with Crippen molar-refractivity contribution in [1.82, 2.24) is 14.3 Å². The normalized spacial score (nSPS) is 11.0. The third-order valence-electron chi connectivity index (χ3n) is 3.52. The van der Waals surface area contributed by atoms with E-state index in [2.05, 4.69) is 14.3 Å². The van der Waals surface area contributed by atoms with E-state index in [0.29, 0.717) is 17.2 Å². The quantitative estimate of drug-likeness (QED) is 0.529. The van der Waals surface area contributed by atoms with Crippen LogP contribution < -0.4 is 0 Å². The molecule has 1 aromatic carbocycles. The lowest BCUT2D eigenvalue weighted by atomic mass is 10.1. The Balaban J connectivity index is 1.80. The summed E-state index contributed by atoms with van der Waals surface area (Å²) in [6, 6.07) is 9.32. The van der Waals surface area contributed by atoms with Crippen LogP contribution in [0.25, 0.3) is 33.7 Å². The van der Waals surface area contributed by atoms with Gasteiger partial charge in [0.25, 0.3) is 0 Å². The van der Waals surface area contributed by atoms with Gasteiger partial charge in [0.1, 0.15) is 11.2 Å². The molecule has 0 unspecified atom stereocenters. The average Bonchev–Trinajstić information content (AvgIpc) is 3.23. The molecule has 4 aromatic rings. The lowest BCUT2D eigenvalue weighted by molar-refractivity contribution is 0.101. The van der Waals surface area contributed by atoms with Crippen LogP contribution in [0.1, 0.15) is 17.4 Å². The maximum atomic E-state index is 11.5. The number of ketones is 1. The van der Waals surface area contributed by atoms with Gasteiger partial charge in [0.2, 0.25) is 5.89 Å². The van der Waals surface area contributed by atoms with Gasteiger partial charge in [-0.15, -0.1) is 0 Å². The molecule has 23 heavy (non-hydrogen) atoms. The Hall–Kier alpha value is -2.86. The number of nitrogens with zero attached hydrogens (tertiary/aromatic N) is 3. The number of carbonyl (C=O) groups is 1. The van der Waals surface area contributed by atoms with E-state index in [9.17, 15) is 4.79 Å². The lowest BCUT2D eigenvalue weighted by Gasteiger charge is -1.97. The first-order valence-corrected chi connectivity index (χ1v) is 7.82. The highest BCUT2D eigenvalue weighted by Gasteiger charge is 2.11. The van der Waals surface area contributed by atoms with Gasteiger partial charge in [0.15, 0.2) is 11.4 Å². The van der Waals surface area contributed by atoms with Crippen molar-refractivity contribution in [3.8, 4) is 22.6 Å². The number of fused-ring (bicyclic) bond motifs is 1. The summed E-state index contributed by atoms with van der Waals surface area (Å²) < 4.78 is 9.91. The van der Waals surface area contributed by atoms with Gasteiger partial charge in [-0.05, 0) is 41.4 Å². The maximum Gasteiger partial charge on any atom is 0.227 e. The summed E-state index contributed by atoms with van der Waals surface area (Å²) in [5, 5.41) is 1.99. The van der Waals surface area contributed by atoms with E-state index in [0.717, 1.165) is 22.2 Å². The fourth-order valence-corrected chi connectivity index (χ4v) is 2.88. The minimum Gasteiger partial charge on any atom is -0.436 e. The van der Waals surface area contributed by atoms with Crippen molar-refractivity contribution in [3.05, 3.63) is 53.8 Å². The van der Waals surface area contributed by atoms with Gasteiger partial charge >= 0.3 is 0 Å². The number of benzene rings is 1. The maximum absolute atomic E-state index is 11.5. The standard InChI is InChI=1S/C17H11N3O2S/c1-10(21)14-7-12(4-5-18-14)17-20-15-6-11(2-3-16(15)22-17)13-8-19-23-9-13/h2-9H,1H3. The van der Waals surface area contributed by atoms with Gasteiger partial charge in [-0.3, -0.25) is 9.78 Å². The van der Waals surface area contributed by atoms with Crippen LogP contribution >= 0.6 is 11.5 Å². The number of Topliss-reactive ketones (excluding diaryl/α,β-unsaturated/α-hetero) is 1. The molecular weight excluding hydrogens is 310 g/mol. The van der Waals surface area contributed by atoms with Crippen LogP contribution in [0.15, 0.2) is 52.5 Å². The monoisotopic (exact) mass is 321 g/mol. The molecule has 4 rings (SSSR count). The molecule has 0 aliphatic carbocycles. The molecule has 0 radical (unpaired) electrons. The van der Waals surface area contributed by atoms with Gasteiger partial charge in [0.05, 0.1) is 0 Å². The van der Waals surface area contributed by atoms with Crippen molar-refractivity contribution < 1.29 is 9.21 Å². The molecule has 0 saturated carbocycles. The van der Waals surface area contributed by atoms with E-state index in [-0.39, 0.29) is 5.78 Å². The Morgan fingerprint density at radius 1 is 1.13 bits per heavy atom. The third-order valence-corrected chi connectivity index (χ3v) is 4.11. The number of hydrogen-bond donors (Lipinski definition) is 0. The topological polar surface area (TPSA) is 68.9 Å². The molecule has 0 spiro atoms. The summed E-state index contributed by atoms with van der Waals surface area (Å²) in [4.78, 5) is 20.0. The first-order chi connectivity index (χ1) is 11.2. The second-order valence-corrected chi connectivity index (χ2v) is 5.76. The molecule has 0 amide bonds. The molecule has 0 N–H and O–H groups in total. The lowest BCUT2D eigenvalue weighted by Crippen LogP contribution is -1.96. The van der Waals surface area contributed by atoms with Crippen LogP contribution in [0.5, 0.6) is 0 Å². The fraction of sp³-hybridized carbons (Fsp3) is 0.0588. The summed E-state index contributed by atoms with van der Waals surface area (Å²) in [7, 11) is 0. The van der Waals surface area contributed by atoms with Gasteiger partial charge in [-0.2, -0.15) is 0 Å². The van der Waals surface area contributed by atoms with Crippen molar-refractivity contribution in [2.45, 2.75) is 6.92 Å². The summed E-state index contributed by atoms with van der Waals surface area (Å²) >= 11 is 1.41. The molecule has 0 fully saturated rings. The largest absolute Gasteiger partial charge is 0.436 e. The number of hydrogen-bond acceptors (Lipinski definition) is 6. The number of oxazole rings is 1. The van der Waals surface area contributed by atoms with Gasteiger partial charge in [0, 0.05) is 35.8 Å². The zero-order valence-electron chi connectivity index (χ0n) is 12.2. The molecule has 0 aliphatic rings.